The zero-order chi connectivity index (χ0) is 12.5. The predicted molar refractivity (Wildman–Crippen MR) is 60.7 cm³/mol. The van der Waals surface area contributed by atoms with Crippen molar-refractivity contribution < 1.29 is 14.7 Å². The Balaban J connectivity index is 2.17. The minimum atomic E-state index is -1.07. The van der Waals surface area contributed by atoms with Crippen molar-refractivity contribution in [2.75, 3.05) is 0 Å². The normalized spacial score (nSPS) is 17.0. The molecule has 1 saturated carbocycles. The minimum absolute atomic E-state index is 0.363. The van der Waals surface area contributed by atoms with Crippen LogP contribution in [0.3, 0.4) is 0 Å². The van der Waals surface area contributed by atoms with E-state index in [0.29, 0.717) is 24.1 Å². The number of hydrogen-bond acceptors (Lipinski definition) is 3. The molecule has 1 aliphatic carbocycles. The standard InChI is InChI=1S/C12H14N2O3/c1-8-9(4-2-7-13-8)10(15)14-12(11(16)17)5-3-6-12/h2,4,7H,3,5-6H2,1H3,(H,14,15)(H,16,17). The maximum Gasteiger partial charge on any atom is 0.329 e. The quantitative estimate of drug-likeness (QED) is 0.821. The first kappa shape index (κ1) is 11.6. The molecule has 0 saturated heterocycles. The average molecular weight is 234 g/mol. The Bertz CT molecular complexity index is 467. The van der Waals surface area contributed by atoms with Gasteiger partial charge in [-0.15, -0.1) is 0 Å². The van der Waals surface area contributed by atoms with Gasteiger partial charge in [-0.25, -0.2) is 4.79 Å². The molecule has 5 nitrogen and oxygen atoms in total. The molecule has 90 valence electrons. The van der Waals surface area contributed by atoms with Gasteiger partial charge in [0.2, 0.25) is 0 Å². The number of nitrogens with one attached hydrogen (secondary N) is 1. The zero-order valence-electron chi connectivity index (χ0n) is 9.56. The molecule has 0 atom stereocenters. The molecule has 1 aromatic heterocycles. The summed E-state index contributed by atoms with van der Waals surface area (Å²) in [5.74, 6) is -1.32. The Morgan fingerprint density at radius 1 is 1.47 bits per heavy atom. The van der Waals surface area contributed by atoms with Gasteiger partial charge in [-0.05, 0) is 38.3 Å². The summed E-state index contributed by atoms with van der Waals surface area (Å²) in [5.41, 5.74) is -0.0378. The number of hydrogen-bond donors (Lipinski definition) is 2. The SMILES string of the molecule is Cc1ncccc1C(=O)NC1(C(=O)O)CCC1. The second-order valence-corrected chi connectivity index (χ2v) is 4.33. The third-order valence-electron chi connectivity index (χ3n) is 3.22. The number of aromatic nitrogens is 1. The molecule has 0 spiro atoms. The number of amides is 1. The highest BCUT2D eigenvalue weighted by Gasteiger charge is 2.45. The monoisotopic (exact) mass is 234 g/mol. The van der Waals surface area contributed by atoms with Crippen LogP contribution in [-0.2, 0) is 4.79 Å². The van der Waals surface area contributed by atoms with Crippen LogP contribution in [0.1, 0.15) is 35.3 Å². The van der Waals surface area contributed by atoms with Gasteiger partial charge in [0.1, 0.15) is 5.54 Å². The highest BCUT2D eigenvalue weighted by Crippen LogP contribution is 2.32. The van der Waals surface area contributed by atoms with E-state index in [0.717, 1.165) is 6.42 Å². The Kier molecular flexibility index (Phi) is 2.83. The van der Waals surface area contributed by atoms with Gasteiger partial charge in [-0.3, -0.25) is 9.78 Å². The Morgan fingerprint density at radius 2 is 2.18 bits per heavy atom. The van der Waals surface area contributed by atoms with Crippen molar-refractivity contribution in [3.8, 4) is 0 Å². The van der Waals surface area contributed by atoms with Gasteiger partial charge in [-0.1, -0.05) is 0 Å². The van der Waals surface area contributed by atoms with E-state index < -0.39 is 11.5 Å². The summed E-state index contributed by atoms with van der Waals surface area (Å²) >= 11 is 0. The lowest BCUT2D eigenvalue weighted by Crippen LogP contribution is -2.59. The third-order valence-corrected chi connectivity index (χ3v) is 3.22. The fourth-order valence-corrected chi connectivity index (χ4v) is 1.93. The van der Waals surface area contributed by atoms with Crippen molar-refractivity contribution >= 4 is 11.9 Å². The van der Waals surface area contributed by atoms with E-state index in [9.17, 15) is 9.59 Å². The van der Waals surface area contributed by atoms with Crippen molar-refractivity contribution in [1.29, 1.82) is 0 Å². The van der Waals surface area contributed by atoms with Crippen LogP contribution in [0.4, 0.5) is 0 Å². The highest BCUT2D eigenvalue weighted by atomic mass is 16.4. The number of rotatable bonds is 3. The molecule has 2 rings (SSSR count). The molecule has 5 heteroatoms. The number of aliphatic carboxylic acids is 1. The van der Waals surface area contributed by atoms with Crippen molar-refractivity contribution in [2.24, 2.45) is 0 Å². The van der Waals surface area contributed by atoms with Crippen LogP contribution >= 0.6 is 0 Å². The van der Waals surface area contributed by atoms with Crippen LogP contribution in [0.5, 0.6) is 0 Å². The largest absolute Gasteiger partial charge is 0.480 e. The molecular weight excluding hydrogens is 220 g/mol. The van der Waals surface area contributed by atoms with E-state index in [-0.39, 0.29) is 5.91 Å². The molecule has 1 aromatic rings. The summed E-state index contributed by atoms with van der Waals surface area (Å²) in [6.45, 7) is 1.73. The lowest BCUT2D eigenvalue weighted by molar-refractivity contribution is -0.148. The highest BCUT2D eigenvalue weighted by molar-refractivity contribution is 5.98. The number of carboxylic acids is 1. The number of carbonyl (C=O) groups excluding carboxylic acids is 1. The molecule has 0 bridgehead atoms. The molecule has 1 amide bonds. The van der Waals surface area contributed by atoms with Crippen LogP contribution in [0.25, 0.3) is 0 Å². The van der Waals surface area contributed by atoms with Crippen LogP contribution < -0.4 is 5.32 Å². The lowest BCUT2D eigenvalue weighted by atomic mass is 9.76. The molecule has 0 unspecified atom stereocenters. The molecule has 17 heavy (non-hydrogen) atoms. The first-order valence-electron chi connectivity index (χ1n) is 5.53. The van der Waals surface area contributed by atoms with Gasteiger partial charge < -0.3 is 10.4 Å². The summed E-state index contributed by atoms with van der Waals surface area (Å²) in [6.07, 6.45) is 3.42. The predicted octanol–water partition coefficient (Wildman–Crippen LogP) is 1.13. The summed E-state index contributed by atoms with van der Waals surface area (Å²) in [6, 6.07) is 3.31. The van der Waals surface area contributed by atoms with Crippen LogP contribution in [0.15, 0.2) is 18.3 Å². The van der Waals surface area contributed by atoms with E-state index >= 15 is 0 Å². The van der Waals surface area contributed by atoms with Gasteiger partial charge in [0, 0.05) is 11.9 Å². The summed E-state index contributed by atoms with van der Waals surface area (Å²) in [5, 5.41) is 11.7. The smallest absolute Gasteiger partial charge is 0.329 e. The summed E-state index contributed by atoms with van der Waals surface area (Å²) in [4.78, 5) is 27.1. The fraction of sp³-hybridized carbons (Fsp3) is 0.417. The molecule has 1 fully saturated rings. The van der Waals surface area contributed by atoms with Crippen molar-refractivity contribution in [2.45, 2.75) is 31.7 Å². The van der Waals surface area contributed by atoms with Crippen LogP contribution in [-0.4, -0.2) is 27.5 Å². The first-order valence-corrected chi connectivity index (χ1v) is 5.53. The number of aryl methyl sites for hydroxylation is 1. The van der Waals surface area contributed by atoms with E-state index in [1.165, 1.54) is 0 Å². The summed E-state index contributed by atoms with van der Waals surface area (Å²) < 4.78 is 0. The number of nitrogens with zero attached hydrogens (tertiary/aromatic N) is 1. The second-order valence-electron chi connectivity index (χ2n) is 4.33. The Morgan fingerprint density at radius 3 is 2.65 bits per heavy atom. The van der Waals surface area contributed by atoms with Crippen molar-refractivity contribution in [3.63, 3.8) is 0 Å². The van der Waals surface area contributed by atoms with E-state index in [1.54, 1.807) is 25.3 Å². The lowest BCUT2D eigenvalue weighted by Gasteiger charge is -2.38. The molecule has 2 N–H and O–H groups in total. The van der Waals surface area contributed by atoms with Gasteiger partial charge in [0.15, 0.2) is 0 Å². The Hall–Kier alpha value is -1.91. The molecule has 0 aromatic carbocycles. The third kappa shape index (κ3) is 2.00. The maximum absolute atomic E-state index is 12.0. The average Bonchev–Trinajstić information content (AvgIpc) is 2.23. The van der Waals surface area contributed by atoms with Crippen LogP contribution in [0.2, 0.25) is 0 Å². The van der Waals surface area contributed by atoms with Gasteiger partial charge in [0.05, 0.1) is 5.56 Å². The van der Waals surface area contributed by atoms with Gasteiger partial charge in [-0.2, -0.15) is 0 Å². The maximum atomic E-state index is 12.0. The first-order chi connectivity index (χ1) is 8.05. The van der Waals surface area contributed by atoms with E-state index in [2.05, 4.69) is 10.3 Å². The summed E-state index contributed by atoms with van der Waals surface area (Å²) in [7, 11) is 0. The zero-order valence-corrected chi connectivity index (χ0v) is 9.56. The van der Waals surface area contributed by atoms with E-state index in [4.69, 9.17) is 5.11 Å². The minimum Gasteiger partial charge on any atom is -0.480 e. The number of carbonyl (C=O) groups is 2. The molecule has 0 radical (unpaired) electrons. The van der Waals surface area contributed by atoms with E-state index in [1.807, 2.05) is 0 Å². The van der Waals surface area contributed by atoms with Crippen molar-refractivity contribution in [1.82, 2.24) is 10.3 Å². The van der Waals surface area contributed by atoms with Crippen LogP contribution in [0, 0.1) is 6.92 Å². The molecule has 1 aliphatic rings. The molecule has 0 aliphatic heterocycles. The number of carboxylic acid groups (broad SMARTS) is 1. The second kappa shape index (κ2) is 4.16. The Labute approximate surface area is 98.9 Å². The van der Waals surface area contributed by atoms with Gasteiger partial charge >= 0.3 is 5.97 Å². The topological polar surface area (TPSA) is 79.3 Å². The van der Waals surface area contributed by atoms with Gasteiger partial charge in [0.25, 0.3) is 5.91 Å². The fourth-order valence-electron chi connectivity index (χ4n) is 1.93. The number of pyridine rings is 1. The van der Waals surface area contributed by atoms with Crippen molar-refractivity contribution in [3.05, 3.63) is 29.6 Å². The molecular formula is C12H14N2O3. The molecule has 1 heterocycles.